The average Bonchev–Trinajstić information content (AvgIpc) is 3.06. The van der Waals surface area contributed by atoms with Gasteiger partial charge in [0.05, 0.1) is 0 Å². The molecule has 0 unspecified atom stereocenters. The topological polar surface area (TPSA) is 37.3 Å². The van der Waals surface area contributed by atoms with E-state index in [4.69, 9.17) is 0 Å². The van der Waals surface area contributed by atoms with Crippen LogP contribution < -0.4 is 5.32 Å². The number of aromatic nitrogens is 1. The summed E-state index contributed by atoms with van der Waals surface area (Å²) >= 11 is 0. The van der Waals surface area contributed by atoms with Crippen LogP contribution in [0.3, 0.4) is 0 Å². The van der Waals surface area contributed by atoms with Crippen molar-refractivity contribution in [3.05, 3.63) is 71.9 Å². The quantitative estimate of drug-likeness (QED) is 0.753. The van der Waals surface area contributed by atoms with E-state index in [1.54, 1.807) is 7.05 Å². The van der Waals surface area contributed by atoms with E-state index in [9.17, 15) is 4.79 Å². The highest BCUT2D eigenvalue weighted by atomic mass is 16.1. The Labute approximate surface area is 160 Å². The lowest BCUT2D eigenvalue weighted by Crippen LogP contribution is -2.39. The van der Waals surface area contributed by atoms with Gasteiger partial charge < -0.3 is 9.88 Å². The lowest BCUT2D eigenvalue weighted by molar-refractivity contribution is -0.125. The van der Waals surface area contributed by atoms with Crippen molar-refractivity contribution in [2.75, 3.05) is 20.1 Å². The summed E-state index contributed by atoms with van der Waals surface area (Å²) in [6, 6.07) is 21.6. The van der Waals surface area contributed by atoms with Crippen molar-refractivity contribution in [3.63, 3.8) is 0 Å². The third kappa shape index (κ3) is 3.91. The Morgan fingerprint density at radius 1 is 1.00 bits per heavy atom. The van der Waals surface area contributed by atoms with Gasteiger partial charge in [-0.3, -0.25) is 9.69 Å². The van der Waals surface area contributed by atoms with Gasteiger partial charge in [0.25, 0.3) is 0 Å². The van der Waals surface area contributed by atoms with Gasteiger partial charge in [-0.1, -0.05) is 48.5 Å². The van der Waals surface area contributed by atoms with E-state index in [1.165, 1.54) is 22.2 Å². The van der Waals surface area contributed by atoms with E-state index in [2.05, 4.69) is 75.4 Å². The third-order valence-electron chi connectivity index (χ3n) is 5.67. The molecule has 27 heavy (non-hydrogen) atoms. The van der Waals surface area contributed by atoms with E-state index >= 15 is 0 Å². The van der Waals surface area contributed by atoms with Crippen LogP contribution >= 0.6 is 0 Å². The number of carbonyl (C=O) groups is 1. The van der Waals surface area contributed by atoms with Crippen LogP contribution in [0.4, 0.5) is 0 Å². The minimum atomic E-state index is 0.168. The summed E-state index contributed by atoms with van der Waals surface area (Å²) in [6.07, 6.45) is 1.89. The average molecular weight is 361 g/mol. The molecule has 1 N–H and O–H groups in total. The van der Waals surface area contributed by atoms with E-state index in [0.717, 1.165) is 39.0 Å². The van der Waals surface area contributed by atoms with Crippen molar-refractivity contribution in [1.82, 2.24) is 14.8 Å². The van der Waals surface area contributed by atoms with Gasteiger partial charge in [0.1, 0.15) is 0 Å². The number of amides is 1. The Bertz CT molecular complexity index is 908. The normalized spacial score (nSPS) is 15.9. The lowest BCUT2D eigenvalue weighted by atomic mass is 9.96. The van der Waals surface area contributed by atoms with Crippen molar-refractivity contribution >= 4 is 16.8 Å². The van der Waals surface area contributed by atoms with Gasteiger partial charge in [0, 0.05) is 37.3 Å². The van der Waals surface area contributed by atoms with Gasteiger partial charge in [-0.2, -0.15) is 0 Å². The van der Waals surface area contributed by atoms with E-state index < -0.39 is 0 Å². The van der Waals surface area contributed by atoms with E-state index in [0.29, 0.717) is 0 Å². The van der Waals surface area contributed by atoms with Crippen LogP contribution in [0.2, 0.25) is 0 Å². The molecule has 4 rings (SSSR count). The number of fused-ring (bicyclic) bond motifs is 1. The molecule has 0 radical (unpaired) electrons. The number of carbonyl (C=O) groups excluding carboxylic acids is 1. The fraction of sp³-hybridized carbons (Fsp3) is 0.348. The lowest BCUT2D eigenvalue weighted by Gasteiger charge is -2.31. The summed E-state index contributed by atoms with van der Waals surface area (Å²) in [5.41, 5.74) is 3.95. The van der Waals surface area contributed by atoms with Gasteiger partial charge in [0.15, 0.2) is 0 Å². The molecule has 0 spiro atoms. The Morgan fingerprint density at radius 3 is 2.44 bits per heavy atom. The molecule has 1 aliphatic rings. The van der Waals surface area contributed by atoms with Crippen LogP contribution in [0.15, 0.2) is 60.7 Å². The molecule has 0 bridgehead atoms. The summed E-state index contributed by atoms with van der Waals surface area (Å²) in [7, 11) is 1.73. The minimum Gasteiger partial charge on any atom is -0.359 e. The predicted molar refractivity (Wildman–Crippen MR) is 110 cm³/mol. The Kier molecular flexibility index (Phi) is 5.26. The smallest absolute Gasteiger partial charge is 0.222 e. The molecule has 1 aromatic heterocycles. The predicted octanol–water partition coefficient (Wildman–Crippen LogP) is 3.65. The molecule has 0 saturated carbocycles. The highest BCUT2D eigenvalue weighted by molar-refractivity contribution is 5.81. The summed E-state index contributed by atoms with van der Waals surface area (Å²) in [6.45, 7) is 3.77. The highest BCUT2D eigenvalue weighted by Gasteiger charge is 2.24. The summed E-state index contributed by atoms with van der Waals surface area (Å²) < 4.78 is 2.44. The van der Waals surface area contributed by atoms with Crippen LogP contribution in [0, 0.1) is 5.92 Å². The van der Waals surface area contributed by atoms with Crippen molar-refractivity contribution in [3.8, 4) is 0 Å². The number of hydrogen-bond acceptors (Lipinski definition) is 2. The maximum atomic E-state index is 11.9. The maximum absolute atomic E-state index is 11.9. The number of nitrogens with one attached hydrogen (secondary N) is 1. The van der Waals surface area contributed by atoms with Crippen molar-refractivity contribution in [2.24, 2.45) is 5.92 Å². The molecular weight excluding hydrogens is 334 g/mol. The first-order valence-corrected chi connectivity index (χ1v) is 9.79. The molecule has 2 aromatic carbocycles. The largest absolute Gasteiger partial charge is 0.359 e. The number of hydrogen-bond donors (Lipinski definition) is 1. The first-order valence-electron chi connectivity index (χ1n) is 9.79. The number of nitrogens with zero attached hydrogens (tertiary/aromatic N) is 2. The second kappa shape index (κ2) is 7.97. The molecular formula is C23H27N3O. The second-order valence-corrected chi connectivity index (χ2v) is 7.43. The molecule has 0 aliphatic carbocycles. The molecule has 140 valence electrons. The van der Waals surface area contributed by atoms with Crippen molar-refractivity contribution < 1.29 is 4.79 Å². The fourth-order valence-electron chi connectivity index (χ4n) is 4.14. The van der Waals surface area contributed by atoms with Crippen molar-refractivity contribution in [2.45, 2.75) is 25.9 Å². The van der Waals surface area contributed by atoms with Gasteiger partial charge in [-0.15, -0.1) is 0 Å². The number of piperidine rings is 1. The zero-order valence-electron chi connectivity index (χ0n) is 15.9. The molecule has 4 nitrogen and oxygen atoms in total. The Morgan fingerprint density at radius 2 is 1.70 bits per heavy atom. The zero-order valence-corrected chi connectivity index (χ0v) is 15.9. The van der Waals surface area contributed by atoms with E-state index in [-0.39, 0.29) is 11.8 Å². The molecule has 1 aliphatic heterocycles. The number of benzene rings is 2. The molecule has 4 heteroatoms. The SMILES string of the molecule is CNC(=O)C1CCN(Cc2cc3ccccc3n2Cc2ccccc2)CC1. The van der Waals surface area contributed by atoms with Gasteiger partial charge in [-0.25, -0.2) is 0 Å². The molecule has 1 amide bonds. The van der Waals surface area contributed by atoms with Crippen LogP contribution in [0.25, 0.3) is 10.9 Å². The summed E-state index contributed by atoms with van der Waals surface area (Å²) in [4.78, 5) is 14.4. The molecule has 2 heterocycles. The molecule has 1 fully saturated rings. The van der Waals surface area contributed by atoms with Crippen LogP contribution in [0.1, 0.15) is 24.1 Å². The van der Waals surface area contributed by atoms with Crippen molar-refractivity contribution in [1.29, 1.82) is 0 Å². The number of likely N-dealkylation sites (tertiary alicyclic amines) is 1. The van der Waals surface area contributed by atoms with Crippen LogP contribution in [-0.2, 0) is 17.9 Å². The first kappa shape index (κ1) is 17.8. The van der Waals surface area contributed by atoms with Crippen LogP contribution in [0.5, 0.6) is 0 Å². The standard InChI is InChI=1S/C23H27N3O/c1-24-23(27)19-11-13-25(14-12-19)17-21-15-20-9-5-6-10-22(20)26(21)16-18-7-3-2-4-8-18/h2-10,15,19H,11-14,16-17H2,1H3,(H,24,27). The summed E-state index contributed by atoms with van der Waals surface area (Å²) in [5, 5.41) is 4.09. The molecule has 1 saturated heterocycles. The maximum Gasteiger partial charge on any atom is 0.222 e. The first-order chi connectivity index (χ1) is 13.2. The zero-order chi connectivity index (χ0) is 18.6. The Hall–Kier alpha value is -2.59. The molecule has 3 aromatic rings. The fourth-order valence-corrected chi connectivity index (χ4v) is 4.14. The third-order valence-corrected chi connectivity index (χ3v) is 5.67. The number of para-hydroxylation sites is 1. The monoisotopic (exact) mass is 361 g/mol. The number of rotatable bonds is 5. The second-order valence-electron chi connectivity index (χ2n) is 7.43. The van der Waals surface area contributed by atoms with Gasteiger partial charge in [0.2, 0.25) is 5.91 Å². The summed E-state index contributed by atoms with van der Waals surface area (Å²) in [5.74, 6) is 0.356. The van der Waals surface area contributed by atoms with Crippen LogP contribution in [-0.4, -0.2) is 35.5 Å². The van der Waals surface area contributed by atoms with Gasteiger partial charge in [-0.05, 0) is 49.0 Å². The van der Waals surface area contributed by atoms with Gasteiger partial charge >= 0.3 is 0 Å². The highest BCUT2D eigenvalue weighted by Crippen LogP contribution is 2.25. The molecule has 0 atom stereocenters. The van der Waals surface area contributed by atoms with E-state index in [1.807, 2.05) is 0 Å². The Balaban J connectivity index is 1.55. The minimum absolute atomic E-state index is 0.168.